The molecule has 0 unspecified atom stereocenters. The van der Waals surface area contributed by atoms with E-state index in [1.807, 2.05) is 19.9 Å². The van der Waals surface area contributed by atoms with E-state index >= 15 is 0 Å². The molecule has 0 aromatic carbocycles. The third-order valence-corrected chi connectivity index (χ3v) is 2.95. The monoisotopic (exact) mass is 216 g/mol. The van der Waals surface area contributed by atoms with Gasteiger partial charge >= 0.3 is 0 Å². The van der Waals surface area contributed by atoms with Crippen molar-refractivity contribution in [2.75, 3.05) is 18.0 Å². The van der Waals surface area contributed by atoms with Gasteiger partial charge in [0.05, 0.1) is 6.07 Å². The number of aromatic nitrogens is 2. The van der Waals surface area contributed by atoms with Crippen LogP contribution in [0.15, 0.2) is 6.07 Å². The number of aryl methyl sites for hydroxylation is 2. The summed E-state index contributed by atoms with van der Waals surface area (Å²) in [5.74, 6) is 2.04. The molecular formula is C12H16N4. The van der Waals surface area contributed by atoms with E-state index in [2.05, 4.69) is 20.9 Å². The van der Waals surface area contributed by atoms with E-state index in [1.165, 1.54) is 0 Å². The molecule has 0 radical (unpaired) electrons. The van der Waals surface area contributed by atoms with Gasteiger partial charge in [-0.15, -0.1) is 0 Å². The predicted molar refractivity (Wildman–Crippen MR) is 62.1 cm³/mol. The molecule has 1 fully saturated rings. The lowest BCUT2D eigenvalue weighted by Gasteiger charge is -2.30. The maximum atomic E-state index is 8.84. The van der Waals surface area contributed by atoms with Crippen LogP contribution in [-0.4, -0.2) is 23.1 Å². The second-order valence-corrected chi connectivity index (χ2v) is 4.31. The van der Waals surface area contributed by atoms with Crippen LogP contribution >= 0.6 is 0 Å². The second kappa shape index (κ2) is 4.48. The molecule has 1 aromatic heterocycles. The van der Waals surface area contributed by atoms with Gasteiger partial charge in [-0.25, -0.2) is 9.97 Å². The SMILES string of the molecule is Cc1cc(N2CCC(C#N)CC2)nc(C)n1. The summed E-state index contributed by atoms with van der Waals surface area (Å²) >= 11 is 0. The first-order chi connectivity index (χ1) is 7.69. The minimum Gasteiger partial charge on any atom is -0.356 e. The van der Waals surface area contributed by atoms with Crippen LogP contribution in [0.25, 0.3) is 0 Å². The Morgan fingerprint density at radius 3 is 2.56 bits per heavy atom. The minimum absolute atomic E-state index is 0.222. The molecule has 4 heteroatoms. The van der Waals surface area contributed by atoms with Crippen molar-refractivity contribution in [3.8, 4) is 6.07 Å². The molecule has 1 aliphatic rings. The van der Waals surface area contributed by atoms with Crippen molar-refractivity contribution in [2.45, 2.75) is 26.7 Å². The molecular weight excluding hydrogens is 200 g/mol. The zero-order valence-electron chi connectivity index (χ0n) is 9.77. The van der Waals surface area contributed by atoms with E-state index in [4.69, 9.17) is 5.26 Å². The lowest BCUT2D eigenvalue weighted by molar-refractivity contribution is 0.484. The lowest BCUT2D eigenvalue weighted by atomic mass is 9.99. The molecule has 16 heavy (non-hydrogen) atoms. The molecule has 0 N–H and O–H groups in total. The van der Waals surface area contributed by atoms with E-state index in [-0.39, 0.29) is 5.92 Å². The van der Waals surface area contributed by atoms with Gasteiger partial charge in [-0.2, -0.15) is 5.26 Å². The van der Waals surface area contributed by atoms with E-state index in [0.29, 0.717) is 0 Å². The minimum atomic E-state index is 0.222. The lowest BCUT2D eigenvalue weighted by Crippen LogP contribution is -2.34. The number of hydrogen-bond acceptors (Lipinski definition) is 4. The highest BCUT2D eigenvalue weighted by atomic mass is 15.2. The van der Waals surface area contributed by atoms with Crippen LogP contribution in [0.5, 0.6) is 0 Å². The maximum Gasteiger partial charge on any atom is 0.132 e. The Morgan fingerprint density at radius 2 is 2.00 bits per heavy atom. The Bertz CT molecular complexity index is 393. The fourth-order valence-corrected chi connectivity index (χ4v) is 2.10. The summed E-state index contributed by atoms with van der Waals surface area (Å²) in [5.41, 5.74) is 1.00. The summed E-state index contributed by atoms with van der Waals surface area (Å²) in [7, 11) is 0. The normalized spacial score (nSPS) is 17.2. The smallest absolute Gasteiger partial charge is 0.132 e. The average Bonchev–Trinajstić information content (AvgIpc) is 2.28. The molecule has 1 aromatic rings. The number of anilines is 1. The van der Waals surface area contributed by atoms with Crippen molar-refractivity contribution >= 4 is 5.82 Å². The fourth-order valence-electron chi connectivity index (χ4n) is 2.10. The summed E-state index contributed by atoms with van der Waals surface area (Å²) in [6.07, 6.45) is 1.89. The standard InChI is InChI=1S/C12H16N4/c1-9-7-12(15-10(2)14-9)16-5-3-11(8-13)4-6-16/h7,11H,3-6H2,1-2H3. The average molecular weight is 216 g/mol. The quantitative estimate of drug-likeness (QED) is 0.718. The van der Waals surface area contributed by atoms with Gasteiger partial charge in [0.2, 0.25) is 0 Å². The predicted octanol–water partition coefficient (Wildman–Crippen LogP) is 1.83. The first kappa shape index (κ1) is 10.9. The Balaban J connectivity index is 2.11. The second-order valence-electron chi connectivity index (χ2n) is 4.31. The maximum absolute atomic E-state index is 8.84. The third kappa shape index (κ3) is 2.30. The molecule has 4 nitrogen and oxygen atoms in total. The highest BCUT2D eigenvalue weighted by Gasteiger charge is 2.19. The summed E-state index contributed by atoms with van der Waals surface area (Å²) in [6.45, 7) is 5.75. The van der Waals surface area contributed by atoms with E-state index in [0.717, 1.165) is 43.3 Å². The van der Waals surface area contributed by atoms with E-state index in [1.54, 1.807) is 0 Å². The topological polar surface area (TPSA) is 52.8 Å². The molecule has 0 atom stereocenters. The highest BCUT2D eigenvalue weighted by Crippen LogP contribution is 2.21. The van der Waals surface area contributed by atoms with Crippen molar-refractivity contribution < 1.29 is 0 Å². The number of nitriles is 1. The summed E-state index contributed by atoms with van der Waals surface area (Å²) in [5, 5.41) is 8.84. The van der Waals surface area contributed by atoms with Gasteiger partial charge in [-0.1, -0.05) is 0 Å². The van der Waals surface area contributed by atoms with Crippen molar-refractivity contribution in [3.05, 3.63) is 17.6 Å². The van der Waals surface area contributed by atoms with E-state index < -0.39 is 0 Å². The molecule has 0 spiro atoms. The molecule has 0 aliphatic carbocycles. The molecule has 1 saturated heterocycles. The van der Waals surface area contributed by atoms with Crippen molar-refractivity contribution in [2.24, 2.45) is 5.92 Å². The molecule has 0 amide bonds. The van der Waals surface area contributed by atoms with Crippen LogP contribution in [-0.2, 0) is 0 Å². The fraction of sp³-hybridized carbons (Fsp3) is 0.583. The van der Waals surface area contributed by atoms with E-state index in [9.17, 15) is 0 Å². The van der Waals surface area contributed by atoms with Crippen LogP contribution < -0.4 is 4.90 Å². The number of nitrogens with zero attached hydrogens (tertiary/aromatic N) is 4. The zero-order valence-corrected chi connectivity index (χ0v) is 9.77. The molecule has 1 aliphatic heterocycles. The van der Waals surface area contributed by atoms with Gasteiger partial charge in [0.1, 0.15) is 11.6 Å². The van der Waals surface area contributed by atoms with Gasteiger partial charge < -0.3 is 4.90 Å². The molecule has 84 valence electrons. The highest BCUT2D eigenvalue weighted by molar-refractivity contribution is 5.40. The summed E-state index contributed by atoms with van der Waals surface area (Å²) in [4.78, 5) is 11.0. The van der Waals surface area contributed by atoms with Gasteiger partial charge in [0.25, 0.3) is 0 Å². The van der Waals surface area contributed by atoms with Gasteiger partial charge in [-0.3, -0.25) is 0 Å². The Kier molecular flexibility index (Phi) is 3.04. The molecule has 2 rings (SSSR count). The summed E-state index contributed by atoms with van der Waals surface area (Å²) in [6, 6.07) is 4.35. The largest absolute Gasteiger partial charge is 0.356 e. The molecule has 0 bridgehead atoms. The zero-order chi connectivity index (χ0) is 11.5. The molecule has 0 saturated carbocycles. The van der Waals surface area contributed by atoms with Gasteiger partial charge in [0.15, 0.2) is 0 Å². The number of hydrogen-bond donors (Lipinski definition) is 0. The van der Waals surface area contributed by atoms with Gasteiger partial charge in [-0.05, 0) is 26.7 Å². The van der Waals surface area contributed by atoms with Crippen LogP contribution in [0, 0.1) is 31.1 Å². The molecule has 2 heterocycles. The Morgan fingerprint density at radius 1 is 1.31 bits per heavy atom. The van der Waals surface area contributed by atoms with Crippen LogP contribution in [0.1, 0.15) is 24.4 Å². The number of piperidine rings is 1. The van der Waals surface area contributed by atoms with Gasteiger partial charge in [0, 0.05) is 30.8 Å². The van der Waals surface area contributed by atoms with Crippen LogP contribution in [0.3, 0.4) is 0 Å². The number of rotatable bonds is 1. The Hall–Kier alpha value is -1.63. The summed E-state index contributed by atoms with van der Waals surface area (Å²) < 4.78 is 0. The van der Waals surface area contributed by atoms with Crippen LogP contribution in [0.4, 0.5) is 5.82 Å². The Labute approximate surface area is 95.9 Å². The van der Waals surface area contributed by atoms with Crippen molar-refractivity contribution in [1.29, 1.82) is 5.26 Å². The first-order valence-corrected chi connectivity index (χ1v) is 5.66. The van der Waals surface area contributed by atoms with Crippen LogP contribution in [0.2, 0.25) is 0 Å². The van der Waals surface area contributed by atoms with Crippen molar-refractivity contribution in [3.63, 3.8) is 0 Å². The van der Waals surface area contributed by atoms with Crippen molar-refractivity contribution in [1.82, 2.24) is 9.97 Å². The third-order valence-electron chi connectivity index (χ3n) is 2.95. The first-order valence-electron chi connectivity index (χ1n) is 5.66.